The molecule has 3 heteroatoms. The van der Waals surface area contributed by atoms with Gasteiger partial charge in [-0.25, -0.2) is 6.42 Å². The summed E-state index contributed by atoms with van der Waals surface area (Å²) in [5.41, 5.74) is 0. The molecular formula is C11H21O2W-. The fraction of sp³-hybridized carbons (Fsp3) is 0.818. The number of esters is 1. The van der Waals surface area contributed by atoms with Crippen molar-refractivity contribution in [2.45, 2.75) is 34.1 Å². The van der Waals surface area contributed by atoms with Crippen molar-refractivity contribution in [1.82, 2.24) is 0 Å². The average Bonchev–Trinajstić information content (AvgIpc) is 2.91. The molecule has 0 amide bonds. The van der Waals surface area contributed by atoms with E-state index in [1.54, 1.807) is 0 Å². The topological polar surface area (TPSA) is 26.3 Å². The van der Waals surface area contributed by atoms with Gasteiger partial charge in [-0.1, -0.05) is 21.3 Å². The summed E-state index contributed by atoms with van der Waals surface area (Å²) in [6.07, 6.45) is 4.67. The fourth-order valence-electron chi connectivity index (χ4n) is 0.938. The molecule has 0 bridgehead atoms. The Labute approximate surface area is 102 Å². The largest absolute Gasteiger partial charge is 0.469 e. The van der Waals surface area contributed by atoms with Gasteiger partial charge in [0.05, 0.1) is 13.0 Å². The van der Waals surface area contributed by atoms with Crippen molar-refractivity contribution < 1.29 is 30.6 Å². The van der Waals surface area contributed by atoms with Crippen LogP contribution in [0.2, 0.25) is 0 Å². The molecule has 0 saturated heterocycles. The number of hydrogen-bond acceptors (Lipinski definition) is 2. The van der Waals surface area contributed by atoms with Crippen LogP contribution in [0.25, 0.3) is 0 Å². The Morgan fingerprint density at radius 1 is 1.43 bits per heavy atom. The summed E-state index contributed by atoms with van der Waals surface area (Å²) in [6.45, 7) is 4.28. The van der Waals surface area contributed by atoms with Crippen LogP contribution in [0.15, 0.2) is 0 Å². The van der Waals surface area contributed by atoms with Crippen molar-refractivity contribution in [2.75, 3.05) is 7.11 Å². The summed E-state index contributed by atoms with van der Waals surface area (Å²) in [7, 11) is 1.44. The normalized spacial score (nSPS) is 30.9. The molecule has 0 spiro atoms. The first-order valence-corrected chi connectivity index (χ1v) is 4.56. The molecular weight excluding hydrogens is 348 g/mol. The summed E-state index contributed by atoms with van der Waals surface area (Å²) in [5, 5.41) is 0. The van der Waals surface area contributed by atoms with Gasteiger partial charge in [-0.05, 0) is 12.3 Å². The molecule has 0 aromatic carbocycles. The molecule has 0 radical (unpaired) electrons. The zero-order valence-corrected chi connectivity index (χ0v) is 11.4. The van der Waals surface area contributed by atoms with E-state index in [1.807, 2.05) is 0 Å². The van der Waals surface area contributed by atoms with Crippen molar-refractivity contribution in [3.8, 4) is 0 Å². The molecule has 0 N–H and O–H groups in total. The fourth-order valence-corrected chi connectivity index (χ4v) is 0.938. The van der Waals surface area contributed by atoms with E-state index in [0.29, 0.717) is 5.92 Å². The zero-order chi connectivity index (χ0) is 9.14. The van der Waals surface area contributed by atoms with E-state index in [-0.39, 0.29) is 40.4 Å². The van der Waals surface area contributed by atoms with Crippen LogP contribution in [-0.4, -0.2) is 13.1 Å². The Hall–Kier alpha value is 0.158. The van der Waals surface area contributed by atoms with Crippen LogP contribution in [0, 0.1) is 24.2 Å². The average molecular weight is 369 g/mol. The molecule has 0 heterocycles. The molecule has 3 unspecified atom stereocenters. The van der Waals surface area contributed by atoms with E-state index in [9.17, 15) is 4.79 Å². The van der Waals surface area contributed by atoms with Gasteiger partial charge in [0.25, 0.3) is 0 Å². The number of hydrogen-bond donors (Lipinski definition) is 0. The second kappa shape index (κ2) is 7.45. The van der Waals surface area contributed by atoms with Gasteiger partial charge >= 0.3 is 5.97 Å². The van der Waals surface area contributed by atoms with E-state index < -0.39 is 0 Å². The summed E-state index contributed by atoms with van der Waals surface area (Å²) in [6, 6.07) is 0. The summed E-state index contributed by atoms with van der Waals surface area (Å²) >= 11 is 0. The number of carbonyl (C=O) groups is 1. The number of rotatable bonds is 1. The Morgan fingerprint density at radius 3 is 1.86 bits per heavy atom. The van der Waals surface area contributed by atoms with Crippen LogP contribution in [-0.2, 0) is 30.6 Å². The molecule has 3 atom stereocenters. The van der Waals surface area contributed by atoms with Crippen molar-refractivity contribution >= 4 is 5.97 Å². The molecule has 2 aliphatic rings. The third-order valence-corrected chi connectivity index (χ3v) is 2.32. The third-order valence-electron chi connectivity index (χ3n) is 2.32. The maximum Gasteiger partial charge on any atom is 0.308 e. The number of carbonyl (C=O) groups excluding carboxylic acids is 1. The minimum Gasteiger partial charge on any atom is -0.469 e. The van der Waals surface area contributed by atoms with Crippen LogP contribution in [0.4, 0.5) is 0 Å². The molecule has 0 aromatic rings. The van der Waals surface area contributed by atoms with Crippen LogP contribution in [0.3, 0.4) is 0 Å². The van der Waals surface area contributed by atoms with Crippen LogP contribution in [0.1, 0.15) is 34.1 Å². The summed E-state index contributed by atoms with van der Waals surface area (Å²) < 4.78 is 4.51. The molecule has 2 nitrogen and oxygen atoms in total. The first-order valence-electron chi connectivity index (χ1n) is 4.56. The zero-order valence-electron chi connectivity index (χ0n) is 8.45. The van der Waals surface area contributed by atoms with Gasteiger partial charge in [-0.2, -0.15) is 5.92 Å². The van der Waals surface area contributed by atoms with E-state index in [1.165, 1.54) is 13.5 Å². The van der Waals surface area contributed by atoms with Gasteiger partial charge in [0, 0.05) is 21.1 Å². The van der Waals surface area contributed by atoms with Gasteiger partial charge in [0.1, 0.15) is 0 Å². The van der Waals surface area contributed by atoms with Crippen molar-refractivity contribution in [3.05, 3.63) is 6.42 Å². The minimum atomic E-state index is -0.0440. The second-order valence-corrected chi connectivity index (χ2v) is 3.79. The van der Waals surface area contributed by atoms with Crippen LogP contribution < -0.4 is 0 Å². The Kier molecular flexibility index (Phi) is 8.82. The second-order valence-electron chi connectivity index (χ2n) is 3.79. The predicted molar refractivity (Wildman–Crippen MR) is 54.1 cm³/mol. The van der Waals surface area contributed by atoms with Gasteiger partial charge in [-0.3, -0.25) is 4.79 Å². The Bertz CT molecular complexity index is 167. The molecule has 84 valence electrons. The predicted octanol–water partition coefficient (Wildman–Crippen LogP) is 2.68. The Morgan fingerprint density at radius 2 is 1.79 bits per heavy atom. The van der Waals surface area contributed by atoms with E-state index >= 15 is 0 Å². The maximum absolute atomic E-state index is 10.6. The molecule has 2 saturated carbocycles. The van der Waals surface area contributed by atoms with E-state index in [4.69, 9.17) is 0 Å². The van der Waals surface area contributed by atoms with E-state index in [2.05, 4.69) is 25.0 Å². The maximum atomic E-state index is 10.6. The third kappa shape index (κ3) is 6.59. The van der Waals surface area contributed by atoms with Gasteiger partial charge < -0.3 is 11.2 Å². The standard InChI is InChI=1S/C6H10O2.C4H7.CH4.W/c1-4-3-5(4)6(7)8-2;1-4-2-3-4;;/h4-5H,3H2,1-2H3;2,4H,3H2,1H3;1H4;/q;-1;;. The van der Waals surface area contributed by atoms with Gasteiger partial charge in [0.2, 0.25) is 0 Å². The first kappa shape index (κ1) is 16.6. The monoisotopic (exact) mass is 369 g/mol. The SMILES string of the molecule is C.CC1[CH-]C1.COC(=O)C1CC1C.[W]. The van der Waals surface area contributed by atoms with Crippen molar-refractivity contribution in [2.24, 2.45) is 17.8 Å². The number of methoxy groups -OCH3 is 1. The number of ether oxygens (including phenoxy) is 1. The minimum absolute atomic E-state index is 0. The summed E-state index contributed by atoms with van der Waals surface area (Å²) in [5.74, 6) is 1.71. The van der Waals surface area contributed by atoms with Crippen molar-refractivity contribution in [1.29, 1.82) is 0 Å². The molecule has 0 aliphatic heterocycles. The smallest absolute Gasteiger partial charge is 0.308 e. The molecule has 14 heavy (non-hydrogen) atoms. The molecule has 2 rings (SSSR count). The van der Waals surface area contributed by atoms with Crippen LogP contribution in [0.5, 0.6) is 0 Å². The van der Waals surface area contributed by atoms with E-state index in [0.717, 1.165) is 12.3 Å². The van der Waals surface area contributed by atoms with Gasteiger partial charge in [0.15, 0.2) is 0 Å². The molecule has 2 aliphatic carbocycles. The van der Waals surface area contributed by atoms with Crippen molar-refractivity contribution in [3.63, 3.8) is 0 Å². The summed E-state index contributed by atoms with van der Waals surface area (Å²) in [4.78, 5) is 10.6. The Balaban J connectivity index is 0. The molecule has 2 fully saturated rings. The molecule has 0 aromatic heterocycles. The quantitative estimate of drug-likeness (QED) is 0.525. The van der Waals surface area contributed by atoms with Gasteiger partial charge in [-0.15, -0.1) is 0 Å². The first-order chi connectivity index (χ1) is 5.65. The van der Waals surface area contributed by atoms with Crippen LogP contribution >= 0.6 is 0 Å².